The van der Waals surface area contributed by atoms with E-state index in [4.69, 9.17) is 0 Å². The van der Waals surface area contributed by atoms with Gasteiger partial charge in [-0.05, 0) is 18.8 Å². The van der Waals surface area contributed by atoms with Crippen LogP contribution in [0.4, 0.5) is 0 Å². The van der Waals surface area contributed by atoms with E-state index in [1.807, 2.05) is 0 Å². The standard InChI is InChI=1S/C10H19NO/c1-3-9-6-4-5-7-10(9)11-8(2)12/h9-10H,3-7H2,1-2H3,(H,11,12)/t9-,10-/m0/s1. The molecule has 1 fully saturated rings. The highest BCUT2D eigenvalue weighted by Gasteiger charge is 2.23. The number of nitrogens with one attached hydrogen (secondary N) is 1. The average molecular weight is 169 g/mol. The molecule has 70 valence electrons. The molecule has 1 amide bonds. The lowest BCUT2D eigenvalue weighted by molar-refractivity contribution is -0.120. The van der Waals surface area contributed by atoms with Crippen LogP contribution in [-0.4, -0.2) is 11.9 Å². The monoisotopic (exact) mass is 169 g/mol. The normalized spacial score (nSPS) is 29.8. The second kappa shape index (κ2) is 4.48. The lowest BCUT2D eigenvalue weighted by Crippen LogP contribution is -2.40. The highest BCUT2D eigenvalue weighted by Crippen LogP contribution is 2.26. The molecule has 0 bridgehead atoms. The molecule has 0 unspecified atom stereocenters. The minimum Gasteiger partial charge on any atom is -0.353 e. The van der Waals surface area contributed by atoms with Crippen LogP contribution in [0.3, 0.4) is 0 Å². The molecule has 0 aliphatic heterocycles. The Balaban J connectivity index is 2.41. The first kappa shape index (κ1) is 9.56. The number of hydrogen-bond donors (Lipinski definition) is 1. The van der Waals surface area contributed by atoms with Crippen molar-refractivity contribution in [2.45, 2.75) is 52.0 Å². The van der Waals surface area contributed by atoms with Crippen molar-refractivity contribution in [2.75, 3.05) is 0 Å². The van der Waals surface area contributed by atoms with Crippen LogP contribution in [0.5, 0.6) is 0 Å². The second-order valence-electron chi connectivity index (χ2n) is 3.76. The van der Waals surface area contributed by atoms with E-state index in [1.165, 1.54) is 32.1 Å². The van der Waals surface area contributed by atoms with Crippen LogP contribution in [0, 0.1) is 5.92 Å². The fourth-order valence-electron chi connectivity index (χ4n) is 2.15. The molecule has 2 heteroatoms. The van der Waals surface area contributed by atoms with Gasteiger partial charge >= 0.3 is 0 Å². The molecule has 1 N–H and O–H groups in total. The van der Waals surface area contributed by atoms with Crippen molar-refractivity contribution in [3.63, 3.8) is 0 Å². The first-order chi connectivity index (χ1) is 5.74. The van der Waals surface area contributed by atoms with Crippen molar-refractivity contribution < 1.29 is 4.79 Å². The lowest BCUT2D eigenvalue weighted by atomic mass is 9.83. The number of rotatable bonds is 2. The minimum atomic E-state index is 0.125. The number of carbonyl (C=O) groups excluding carboxylic acids is 1. The molecule has 2 atom stereocenters. The summed E-state index contributed by atoms with van der Waals surface area (Å²) in [5.74, 6) is 0.850. The fraction of sp³-hybridized carbons (Fsp3) is 0.900. The van der Waals surface area contributed by atoms with Gasteiger partial charge in [0.25, 0.3) is 0 Å². The van der Waals surface area contributed by atoms with E-state index in [2.05, 4.69) is 12.2 Å². The number of amides is 1. The van der Waals surface area contributed by atoms with E-state index >= 15 is 0 Å². The fourth-order valence-corrected chi connectivity index (χ4v) is 2.15. The Bertz CT molecular complexity index is 156. The highest BCUT2D eigenvalue weighted by atomic mass is 16.1. The quantitative estimate of drug-likeness (QED) is 0.673. The van der Waals surface area contributed by atoms with Gasteiger partial charge in [0.1, 0.15) is 0 Å². The molecule has 0 aromatic carbocycles. The zero-order valence-corrected chi connectivity index (χ0v) is 8.10. The minimum absolute atomic E-state index is 0.125. The molecule has 1 saturated carbocycles. The van der Waals surface area contributed by atoms with Gasteiger partial charge in [-0.15, -0.1) is 0 Å². The van der Waals surface area contributed by atoms with Gasteiger partial charge in [0.15, 0.2) is 0 Å². The maximum absolute atomic E-state index is 10.9. The van der Waals surface area contributed by atoms with Gasteiger partial charge in [0.05, 0.1) is 0 Å². The van der Waals surface area contributed by atoms with Gasteiger partial charge in [0, 0.05) is 13.0 Å². The first-order valence-electron chi connectivity index (χ1n) is 5.01. The Kier molecular flexibility index (Phi) is 3.57. The summed E-state index contributed by atoms with van der Waals surface area (Å²) in [7, 11) is 0. The first-order valence-corrected chi connectivity index (χ1v) is 5.01. The van der Waals surface area contributed by atoms with Crippen LogP contribution in [0.15, 0.2) is 0 Å². The molecule has 0 spiro atoms. The third kappa shape index (κ3) is 2.50. The molecule has 2 nitrogen and oxygen atoms in total. The smallest absolute Gasteiger partial charge is 0.217 e. The molecule has 0 heterocycles. The summed E-state index contributed by atoms with van der Waals surface area (Å²) in [6.07, 6.45) is 6.29. The molecule has 0 aromatic heterocycles. The van der Waals surface area contributed by atoms with Gasteiger partial charge in [0.2, 0.25) is 5.91 Å². The van der Waals surface area contributed by atoms with Crippen LogP contribution in [0.2, 0.25) is 0 Å². The van der Waals surface area contributed by atoms with Crippen molar-refractivity contribution >= 4 is 5.91 Å². The van der Waals surface area contributed by atoms with Gasteiger partial charge in [-0.3, -0.25) is 4.79 Å². The van der Waals surface area contributed by atoms with Crippen molar-refractivity contribution in [2.24, 2.45) is 5.92 Å². The topological polar surface area (TPSA) is 29.1 Å². The van der Waals surface area contributed by atoms with Crippen molar-refractivity contribution in [3.05, 3.63) is 0 Å². The predicted octanol–water partition coefficient (Wildman–Crippen LogP) is 2.09. The summed E-state index contributed by atoms with van der Waals surface area (Å²) >= 11 is 0. The zero-order chi connectivity index (χ0) is 8.97. The molecule has 0 aromatic rings. The third-order valence-corrected chi connectivity index (χ3v) is 2.82. The van der Waals surface area contributed by atoms with Gasteiger partial charge in [-0.2, -0.15) is 0 Å². The number of carbonyl (C=O) groups is 1. The van der Waals surface area contributed by atoms with Crippen molar-refractivity contribution in [3.8, 4) is 0 Å². The summed E-state index contributed by atoms with van der Waals surface area (Å²) in [5, 5.41) is 3.04. The molecular weight excluding hydrogens is 150 g/mol. The molecule has 1 aliphatic rings. The largest absolute Gasteiger partial charge is 0.353 e. The molecule has 1 rings (SSSR count). The van der Waals surface area contributed by atoms with Crippen molar-refractivity contribution in [1.29, 1.82) is 0 Å². The summed E-state index contributed by atoms with van der Waals surface area (Å²) in [6.45, 7) is 3.83. The van der Waals surface area contributed by atoms with Crippen LogP contribution in [0.25, 0.3) is 0 Å². The highest BCUT2D eigenvalue weighted by molar-refractivity contribution is 5.73. The van der Waals surface area contributed by atoms with E-state index in [0.717, 1.165) is 5.92 Å². The molecule has 0 radical (unpaired) electrons. The third-order valence-electron chi connectivity index (χ3n) is 2.82. The molecule has 12 heavy (non-hydrogen) atoms. The van der Waals surface area contributed by atoms with E-state index in [-0.39, 0.29) is 5.91 Å². The van der Waals surface area contributed by atoms with E-state index in [0.29, 0.717) is 6.04 Å². The summed E-state index contributed by atoms with van der Waals surface area (Å²) in [5.41, 5.74) is 0. The molecule has 1 aliphatic carbocycles. The van der Waals surface area contributed by atoms with E-state index < -0.39 is 0 Å². The summed E-state index contributed by atoms with van der Waals surface area (Å²) in [6, 6.07) is 0.459. The van der Waals surface area contributed by atoms with Crippen LogP contribution >= 0.6 is 0 Å². The number of hydrogen-bond acceptors (Lipinski definition) is 1. The predicted molar refractivity (Wildman–Crippen MR) is 49.9 cm³/mol. The summed E-state index contributed by atoms with van der Waals surface area (Å²) in [4.78, 5) is 10.9. The van der Waals surface area contributed by atoms with Gasteiger partial charge < -0.3 is 5.32 Å². The second-order valence-corrected chi connectivity index (χ2v) is 3.76. The average Bonchev–Trinajstić information content (AvgIpc) is 2.04. The van der Waals surface area contributed by atoms with Crippen LogP contribution in [-0.2, 0) is 4.79 Å². The Morgan fingerprint density at radius 2 is 2.08 bits per heavy atom. The Morgan fingerprint density at radius 1 is 1.42 bits per heavy atom. The Labute approximate surface area is 74.7 Å². The van der Waals surface area contributed by atoms with Crippen molar-refractivity contribution in [1.82, 2.24) is 5.32 Å². The van der Waals surface area contributed by atoms with Crippen LogP contribution in [0.1, 0.15) is 46.0 Å². The maximum Gasteiger partial charge on any atom is 0.217 e. The molecular formula is C10H19NO. The molecule has 0 saturated heterocycles. The van der Waals surface area contributed by atoms with Crippen LogP contribution < -0.4 is 5.32 Å². The zero-order valence-electron chi connectivity index (χ0n) is 8.10. The maximum atomic E-state index is 10.9. The Hall–Kier alpha value is -0.530. The van der Waals surface area contributed by atoms with E-state index in [9.17, 15) is 4.79 Å². The van der Waals surface area contributed by atoms with Gasteiger partial charge in [-0.25, -0.2) is 0 Å². The lowest BCUT2D eigenvalue weighted by Gasteiger charge is -2.31. The Morgan fingerprint density at radius 3 is 2.67 bits per heavy atom. The van der Waals surface area contributed by atoms with E-state index in [1.54, 1.807) is 6.92 Å². The SMILES string of the molecule is CC[C@H]1CCCC[C@@H]1NC(C)=O. The summed E-state index contributed by atoms with van der Waals surface area (Å²) < 4.78 is 0. The van der Waals surface area contributed by atoms with Gasteiger partial charge in [-0.1, -0.05) is 26.2 Å².